The van der Waals surface area contributed by atoms with E-state index in [9.17, 15) is 4.79 Å². The molecule has 1 amide bonds. The van der Waals surface area contributed by atoms with Gasteiger partial charge in [-0.3, -0.25) is 4.79 Å². The highest BCUT2D eigenvalue weighted by atomic mass is 35.5. The topological polar surface area (TPSA) is 75.9 Å². The second-order valence-electron chi connectivity index (χ2n) is 5.65. The molecule has 0 aliphatic carbocycles. The van der Waals surface area contributed by atoms with Crippen LogP contribution in [0, 0.1) is 6.92 Å². The highest BCUT2D eigenvalue weighted by Crippen LogP contribution is 2.14. The van der Waals surface area contributed by atoms with Crippen LogP contribution in [0.4, 0.5) is 0 Å². The summed E-state index contributed by atoms with van der Waals surface area (Å²) in [5.41, 5.74) is 2.08. The third kappa shape index (κ3) is 4.05. The van der Waals surface area contributed by atoms with Crippen LogP contribution >= 0.6 is 12.4 Å². The first-order valence-corrected chi connectivity index (χ1v) is 7.48. The molecule has 0 radical (unpaired) electrons. The van der Waals surface area contributed by atoms with Crippen LogP contribution in [-0.2, 0) is 11.3 Å². The Morgan fingerprint density at radius 3 is 2.78 bits per heavy atom. The molecule has 7 nitrogen and oxygen atoms in total. The van der Waals surface area contributed by atoms with Crippen LogP contribution in [0.25, 0.3) is 11.4 Å². The molecule has 1 atom stereocenters. The number of amides is 1. The molecule has 2 heterocycles. The lowest BCUT2D eigenvalue weighted by Crippen LogP contribution is -2.53. The maximum absolute atomic E-state index is 12.3. The Morgan fingerprint density at radius 1 is 1.35 bits per heavy atom. The zero-order valence-electron chi connectivity index (χ0n) is 13.3. The van der Waals surface area contributed by atoms with Gasteiger partial charge in [0, 0.05) is 31.2 Å². The lowest BCUT2D eigenvalue weighted by atomic mass is 10.1. The summed E-state index contributed by atoms with van der Waals surface area (Å²) in [4.78, 5) is 15.6. The number of piperazine rings is 1. The van der Waals surface area contributed by atoms with E-state index in [4.69, 9.17) is 0 Å². The van der Waals surface area contributed by atoms with Gasteiger partial charge in [-0.15, -0.1) is 22.6 Å². The number of carbonyl (C=O) groups is 1. The van der Waals surface area contributed by atoms with Gasteiger partial charge >= 0.3 is 0 Å². The predicted octanol–water partition coefficient (Wildman–Crippen LogP) is 0.891. The molecule has 1 aromatic heterocycles. The van der Waals surface area contributed by atoms with Crippen LogP contribution in [0.1, 0.15) is 12.5 Å². The largest absolute Gasteiger partial charge is 0.336 e. The van der Waals surface area contributed by atoms with Gasteiger partial charge in [-0.25, -0.2) is 0 Å². The summed E-state index contributed by atoms with van der Waals surface area (Å²) in [6.07, 6.45) is 0. The minimum atomic E-state index is 0. The molecular weight excluding hydrogens is 316 g/mol. The van der Waals surface area contributed by atoms with Crippen molar-refractivity contribution in [1.29, 1.82) is 0 Å². The molecule has 1 aromatic carbocycles. The van der Waals surface area contributed by atoms with Crippen molar-refractivity contribution in [3.63, 3.8) is 0 Å². The summed E-state index contributed by atoms with van der Waals surface area (Å²) in [6.45, 7) is 6.57. The second kappa shape index (κ2) is 7.52. The fourth-order valence-corrected chi connectivity index (χ4v) is 2.55. The number of hydrogen-bond donors (Lipinski definition) is 1. The molecule has 1 N–H and O–H groups in total. The number of nitrogens with one attached hydrogen (secondary N) is 1. The van der Waals surface area contributed by atoms with Crippen molar-refractivity contribution >= 4 is 18.3 Å². The van der Waals surface area contributed by atoms with Gasteiger partial charge in [0.1, 0.15) is 6.54 Å². The van der Waals surface area contributed by atoms with E-state index in [0.29, 0.717) is 5.82 Å². The highest BCUT2D eigenvalue weighted by Gasteiger charge is 2.23. The molecule has 1 unspecified atom stereocenters. The van der Waals surface area contributed by atoms with Gasteiger partial charge in [0.05, 0.1) is 0 Å². The summed E-state index contributed by atoms with van der Waals surface area (Å²) in [5.74, 6) is 0.572. The maximum atomic E-state index is 12.3. The molecule has 0 bridgehead atoms. The number of halogens is 1. The van der Waals surface area contributed by atoms with E-state index in [-0.39, 0.29) is 30.9 Å². The Labute approximate surface area is 141 Å². The monoisotopic (exact) mass is 336 g/mol. The van der Waals surface area contributed by atoms with Gasteiger partial charge in [-0.1, -0.05) is 29.8 Å². The third-order valence-electron chi connectivity index (χ3n) is 3.86. The fourth-order valence-electron chi connectivity index (χ4n) is 2.55. The molecule has 8 heteroatoms. The first-order valence-electron chi connectivity index (χ1n) is 7.48. The Hall–Kier alpha value is -1.99. The summed E-state index contributed by atoms with van der Waals surface area (Å²) in [7, 11) is 0. The van der Waals surface area contributed by atoms with E-state index in [1.807, 2.05) is 43.0 Å². The number of benzene rings is 1. The maximum Gasteiger partial charge on any atom is 0.246 e. The number of aryl methyl sites for hydroxylation is 1. The van der Waals surface area contributed by atoms with Crippen molar-refractivity contribution in [2.75, 3.05) is 19.6 Å². The lowest BCUT2D eigenvalue weighted by molar-refractivity contribution is -0.135. The Morgan fingerprint density at radius 2 is 2.09 bits per heavy atom. The summed E-state index contributed by atoms with van der Waals surface area (Å²) in [5, 5.41) is 15.6. The van der Waals surface area contributed by atoms with Crippen LogP contribution in [0.15, 0.2) is 24.3 Å². The third-order valence-corrected chi connectivity index (χ3v) is 3.86. The minimum Gasteiger partial charge on any atom is -0.336 e. The van der Waals surface area contributed by atoms with E-state index in [1.54, 1.807) is 0 Å². The zero-order chi connectivity index (χ0) is 15.5. The van der Waals surface area contributed by atoms with E-state index in [1.165, 1.54) is 10.4 Å². The van der Waals surface area contributed by atoms with Crippen LogP contribution in [0.3, 0.4) is 0 Å². The zero-order valence-corrected chi connectivity index (χ0v) is 14.1. The molecule has 23 heavy (non-hydrogen) atoms. The quantitative estimate of drug-likeness (QED) is 0.901. The smallest absolute Gasteiger partial charge is 0.246 e. The van der Waals surface area contributed by atoms with E-state index < -0.39 is 0 Å². The number of aromatic nitrogens is 4. The summed E-state index contributed by atoms with van der Waals surface area (Å²) in [6, 6.07) is 8.11. The second-order valence-corrected chi connectivity index (χ2v) is 5.65. The average Bonchev–Trinajstić information content (AvgIpc) is 2.97. The summed E-state index contributed by atoms with van der Waals surface area (Å²) < 4.78 is 0. The van der Waals surface area contributed by atoms with Crippen LogP contribution in [-0.4, -0.2) is 56.7 Å². The molecule has 1 fully saturated rings. The molecule has 2 aromatic rings. The van der Waals surface area contributed by atoms with Crippen molar-refractivity contribution < 1.29 is 4.79 Å². The first kappa shape index (κ1) is 17.4. The van der Waals surface area contributed by atoms with Gasteiger partial charge in [-0.2, -0.15) is 4.80 Å². The first-order chi connectivity index (χ1) is 10.6. The van der Waals surface area contributed by atoms with E-state index in [2.05, 4.69) is 20.7 Å². The van der Waals surface area contributed by atoms with Gasteiger partial charge in [-0.05, 0) is 19.1 Å². The van der Waals surface area contributed by atoms with Crippen molar-refractivity contribution in [3.8, 4) is 11.4 Å². The molecule has 1 saturated heterocycles. The normalized spacial score (nSPS) is 17.7. The number of tetrazole rings is 1. The number of hydrogen-bond acceptors (Lipinski definition) is 5. The number of nitrogens with zero attached hydrogens (tertiary/aromatic N) is 5. The number of carbonyl (C=O) groups excluding carboxylic acids is 1. The SMILES string of the molecule is Cc1ccc(-c2nnn(CC(=O)N3CCNCC3C)n2)cc1.Cl. The molecule has 3 rings (SSSR count). The van der Waals surface area contributed by atoms with Gasteiger partial charge in [0.2, 0.25) is 11.7 Å². The molecule has 0 spiro atoms. The van der Waals surface area contributed by atoms with Gasteiger partial charge in [0.15, 0.2) is 0 Å². The standard InChI is InChI=1S/C15H20N6O.ClH/c1-11-3-5-13(6-4-11)15-17-19-21(18-15)10-14(22)20-8-7-16-9-12(20)2;/h3-6,12,16H,7-10H2,1-2H3;1H. The predicted molar refractivity (Wildman–Crippen MR) is 89.3 cm³/mol. The van der Waals surface area contributed by atoms with E-state index in [0.717, 1.165) is 25.2 Å². The fraction of sp³-hybridized carbons (Fsp3) is 0.467. The molecule has 1 aliphatic rings. The molecule has 0 saturated carbocycles. The van der Waals surface area contributed by atoms with Gasteiger partial charge < -0.3 is 10.2 Å². The van der Waals surface area contributed by atoms with Gasteiger partial charge in [0.25, 0.3) is 0 Å². The van der Waals surface area contributed by atoms with Crippen molar-refractivity contribution in [1.82, 2.24) is 30.4 Å². The lowest BCUT2D eigenvalue weighted by Gasteiger charge is -2.33. The Bertz CT molecular complexity index is 656. The minimum absolute atomic E-state index is 0. The van der Waals surface area contributed by atoms with Crippen LogP contribution in [0.2, 0.25) is 0 Å². The van der Waals surface area contributed by atoms with Crippen molar-refractivity contribution in [3.05, 3.63) is 29.8 Å². The highest BCUT2D eigenvalue weighted by molar-refractivity contribution is 5.85. The van der Waals surface area contributed by atoms with Crippen LogP contribution in [0.5, 0.6) is 0 Å². The molecule has 1 aliphatic heterocycles. The van der Waals surface area contributed by atoms with Crippen molar-refractivity contribution in [2.45, 2.75) is 26.4 Å². The van der Waals surface area contributed by atoms with E-state index >= 15 is 0 Å². The molecular formula is C15H21ClN6O. The van der Waals surface area contributed by atoms with Crippen LogP contribution < -0.4 is 5.32 Å². The molecule has 124 valence electrons. The van der Waals surface area contributed by atoms with Crippen molar-refractivity contribution in [2.24, 2.45) is 0 Å². The Kier molecular flexibility index (Phi) is 5.68. The average molecular weight is 337 g/mol. The Balaban J connectivity index is 0.00000192. The number of rotatable bonds is 3. The summed E-state index contributed by atoms with van der Waals surface area (Å²) >= 11 is 0.